The number of hydrogen-bond acceptors (Lipinski definition) is 12. The third-order valence-electron chi connectivity index (χ3n) is 7.72. The molecule has 0 unspecified atom stereocenters. The van der Waals surface area contributed by atoms with Gasteiger partial charge in [-0.05, 0) is 38.0 Å². The van der Waals surface area contributed by atoms with Crippen molar-refractivity contribution in [2.45, 2.75) is 82.1 Å². The van der Waals surface area contributed by atoms with Crippen molar-refractivity contribution in [2.24, 2.45) is 0 Å². The summed E-state index contributed by atoms with van der Waals surface area (Å²) in [6.45, 7) is 1.80. The lowest BCUT2D eigenvalue weighted by Gasteiger charge is -2.46. The highest BCUT2D eigenvalue weighted by Gasteiger charge is 2.55. The van der Waals surface area contributed by atoms with Crippen molar-refractivity contribution in [2.75, 3.05) is 0 Å². The number of aliphatic hydroxyl groups excluding tert-OH is 2. The number of carbonyl (C=O) groups is 4. The highest BCUT2D eigenvalue weighted by atomic mass is 16.8. The number of hydrogen-bond donors (Lipinski definition) is 2. The van der Waals surface area contributed by atoms with Gasteiger partial charge in [-0.15, -0.1) is 0 Å². The Morgan fingerprint density at radius 3 is 1.44 bits per heavy atom. The Morgan fingerprint density at radius 2 is 0.977 bits per heavy atom. The summed E-state index contributed by atoms with van der Waals surface area (Å²) in [6, 6.07) is 0. The molecule has 0 atom stereocenters. The molecular formula is C31H32O12. The van der Waals surface area contributed by atoms with Crippen LogP contribution in [0.15, 0.2) is 83.3 Å². The van der Waals surface area contributed by atoms with Gasteiger partial charge in [-0.25, -0.2) is 19.2 Å². The number of aliphatic hydroxyl groups is 2. The molecule has 2 saturated carbocycles. The van der Waals surface area contributed by atoms with Crippen LogP contribution in [0, 0.1) is 0 Å². The van der Waals surface area contributed by atoms with E-state index in [4.69, 9.17) is 28.4 Å². The third kappa shape index (κ3) is 6.23. The molecule has 0 amide bonds. The van der Waals surface area contributed by atoms with Crippen molar-refractivity contribution in [3.05, 3.63) is 83.3 Å². The third-order valence-corrected chi connectivity index (χ3v) is 7.72. The minimum absolute atomic E-state index is 0.00502. The molecule has 0 aromatic heterocycles. The summed E-state index contributed by atoms with van der Waals surface area (Å²) in [5.74, 6) is -8.49. The van der Waals surface area contributed by atoms with E-state index in [9.17, 15) is 29.4 Å². The highest BCUT2D eigenvalue weighted by Crippen LogP contribution is 2.46. The standard InChI is InChI=1S/C31H32O12/c1-2-3-6-11-20-25(34)40-30(41-26(20)35)16-18-31(19-17-30)42-27(36)22(28(37)43-31)13-8-4-7-12-21-23(32)38-29(39-24(21)33)14-9-5-10-15-29/h2-4,6-8,11-13,34,36H,5,9-10,14-19H2,1H3. The molecule has 2 N–H and O–H groups in total. The minimum Gasteiger partial charge on any atom is -0.480 e. The van der Waals surface area contributed by atoms with Crippen LogP contribution in [0.3, 0.4) is 0 Å². The summed E-state index contributed by atoms with van der Waals surface area (Å²) in [5, 5.41) is 20.8. The lowest BCUT2D eigenvalue weighted by molar-refractivity contribution is -0.302. The molecule has 0 radical (unpaired) electrons. The van der Waals surface area contributed by atoms with Crippen molar-refractivity contribution < 1.29 is 57.8 Å². The lowest BCUT2D eigenvalue weighted by Crippen LogP contribution is -2.53. The Labute approximate surface area is 247 Å². The molecule has 0 aromatic carbocycles. The molecule has 0 bridgehead atoms. The topological polar surface area (TPSA) is 164 Å². The monoisotopic (exact) mass is 596 g/mol. The van der Waals surface area contributed by atoms with E-state index in [1.165, 1.54) is 36.5 Å². The Morgan fingerprint density at radius 1 is 0.535 bits per heavy atom. The fourth-order valence-electron chi connectivity index (χ4n) is 5.44. The largest absolute Gasteiger partial charge is 0.480 e. The van der Waals surface area contributed by atoms with E-state index in [0.29, 0.717) is 12.8 Å². The summed E-state index contributed by atoms with van der Waals surface area (Å²) < 4.78 is 33.0. The number of carbonyl (C=O) groups excluding carboxylic acids is 4. The summed E-state index contributed by atoms with van der Waals surface area (Å²) in [5.41, 5.74) is -0.631. The molecule has 12 nitrogen and oxygen atoms in total. The Hall–Kier alpha value is -4.74. The van der Waals surface area contributed by atoms with Crippen LogP contribution in [-0.2, 0) is 47.6 Å². The van der Waals surface area contributed by atoms with E-state index in [1.807, 2.05) is 0 Å². The second-order valence-electron chi connectivity index (χ2n) is 10.7. The number of ether oxygens (including phenoxy) is 6. The Balaban J connectivity index is 1.19. The van der Waals surface area contributed by atoms with Gasteiger partial charge < -0.3 is 38.6 Å². The van der Waals surface area contributed by atoms with Crippen molar-refractivity contribution in [1.29, 1.82) is 0 Å². The van der Waals surface area contributed by atoms with E-state index in [-0.39, 0.29) is 42.4 Å². The van der Waals surface area contributed by atoms with Crippen molar-refractivity contribution in [3.63, 3.8) is 0 Å². The average Bonchev–Trinajstić information content (AvgIpc) is 2.95. The Bertz CT molecular complexity index is 1380. The molecule has 12 heteroatoms. The van der Waals surface area contributed by atoms with E-state index in [0.717, 1.165) is 19.3 Å². The molecule has 3 spiro atoms. The van der Waals surface area contributed by atoms with Gasteiger partial charge >= 0.3 is 23.9 Å². The molecule has 0 aromatic rings. The molecular weight excluding hydrogens is 564 g/mol. The normalized spacial score (nSPS) is 25.0. The highest BCUT2D eigenvalue weighted by molar-refractivity contribution is 6.15. The first-order chi connectivity index (χ1) is 20.6. The van der Waals surface area contributed by atoms with Crippen LogP contribution in [0.25, 0.3) is 0 Å². The van der Waals surface area contributed by atoms with Crippen LogP contribution >= 0.6 is 0 Å². The van der Waals surface area contributed by atoms with Crippen LogP contribution in [0.5, 0.6) is 0 Å². The van der Waals surface area contributed by atoms with Gasteiger partial charge in [-0.1, -0.05) is 42.9 Å². The van der Waals surface area contributed by atoms with Crippen LogP contribution in [0.2, 0.25) is 0 Å². The predicted octanol–water partition coefficient (Wildman–Crippen LogP) is 4.57. The summed E-state index contributed by atoms with van der Waals surface area (Å²) in [4.78, 5) is 50.1. The van der Waals surface area contributed by atoms with Crippen LogP contribution in [0.1, 0.15) is 64.7 Å². The first-order valence-corrected chi connectivity index (χ1v) is 14.1. The Kier molecular flexibility index (Phi) is 8.21. The van der Waals surface area contributed by atoms with Crippen molar-refractivity contribution in [3.8, 4) is 0 Å². The lowest BCUT2D eigenvalue weighted by atomic mass is 9.87. The molecule has 5 aliphatic rings. The number of allylic oxidation sites excluding steroid dienone is 7. The summed E-state index contributed by atoms with van der Waals surface area (Å²) >= 11 is 0. The van der Waals surface area contributed by atoms with Crippen LogP contribution in [0.4, 0.5) is 0 Å². The smallest absolute Gasteiger partial charge is 0.348 e. The zero-order valence-corrected chi connectivity index (χ0v) is 23.5. The zero-order chi connectivity index (χ0) is 30.7. The molecule has 2 aliphatic carbocycles. The van der Waals surface area contributed by atoms with Crippen molar-refractivity contribution >= 4 is 23.9 Å². The number of esters is 4. The van der Waals surface area contributed by atoms with Gasteiger partial charge in [0, 0.05) is 38.5 Å². The molecule has 1 saturated heterocycles. The molecule has 43 heavy (non-hydrogen) atoms. The molecule has 3 aliphatic heterocycles. The van der Waals surface area contributed by atoms with Gasteiger partial charge in [0.05, 0.1) is 0 Å². The van der Waals surface area contributed by atoms with Gasteiger partial charge in [0.1, 0.15) is 16.7 Å². The second-order valence-corrected chi connectivity index (χ2v) is 10.7. The van der Waals surface area contributed by atoms with Gasteiger partial charge in [0.2, 0.25) is 0 Å². The SMILES string of the molecule is CC=CC=CC1=C(O)OC2(CCC3(CC2)OC(=O)C(C=CC=CC=C2C(=O)OC4(CCCCC4)OC2=O)=C(O)O3)OC1=O. The van der Waals surface area contributed by atoms with Gasteiger partial charge in [-0.2, -0.15) is 0 Å². The van der Waals surface area contributed by atoms with E-state index >= 15 is 0 Å². The molecule has 3 fully saturated rings. The first kappa shape index (κ1) is 29.7. The summed E-state index contributed by atoms with van der Waals surface area (Å²) in [7, 11) is 0. The van der Waals surface area contributed by atoms with Gasteiger partial charge in [0.15, 0.2) is 0 Å². The van der Waals surface area contributed by atoms with Gasteiger partial charge in [0.25, 0.3) is 29.3 Å². The molecule has 3 heterocycles. The van der Waals surface area contributed by atoms with Gasteiger partial charge in [-0.3, -0.25) is 0 Å². The molecule has 228 valence electrons. The predicted molar refractivity (Wildman–Crippen MR) is 146 cm³/mol. The number of rotatable bonds is 5. The van der Waals surface area contributed by atoms with E-state index in [2.05, 4.69) is 0 Å². The molecule has 5 rings (SSSR count). The quantitative estimate of drug-likeness (QED) is 0.150. The summed E-state index contributed by atoms with van der Waals surface area (Å²) in [6.07, 6.45) is 16.7. The second kappa shape index (κ2) is 11.9. The van der Waals surface area contributed by atoms with E-state index in [1.54, 1.807) is 25.2 Å². The fraction of sp³-hybridized carbons (Fsp3) is 0.419. The average molecular weight is 597 g/mol. The van der Waals surface area contributed by atoms with Crippen LogP contribution < -0.4 is 0 Å². The van der Waals surface area contributed by atoms with E-state index < -0.39 is 53.1 Å². The first-order valence-electron chi connectivity index (χ1n) is 14.1. The minimum atomic E-state index is -1.51. The maximum absolute atomic E-state index is 12.8. The maximum Gasteiger partial charge on any atom is 0.348 e. The van der Waals surface area contributed by atoms with Crippen LogP contribution in [-0.4, -0.2) is 51.5 Å². The van der Waals surface area contributed by atoms with Crippen molar-refractivity contribution in [1.82, 2.24) is 0 Å². The zero-order valence-electron chi connectivity index (χ0n) is 23.5. The maximum atomic E-state index is 12.8. The fourth-order valence-corrected chi connectivity index (χ4v) is 5.44.